The summed E-state index contributed by atoms with van der Waals surface area (Å²) in [6, 6.07) is 4.20. The van der Waals surface area contributed by atoms with Crippen LogP contribution in [0.5, 0.6) is 0 Å². The van der Waals surface area contributed by atoms with E-state index in [0.29, 0.717) is 4.47 Å². The molecule has 0 fully saturated rings. The summed E-state index contributed by atoms with van der Waals surface area (Å²) in [5.41, 5.74) is 0.0411. The number of hydrogen-bond donors (Lipinski definition) is 0. The number of halogens is 2. The van der Waals surface area contributed by atoms with E-state index in [1.165, 1.54) is 18.2 Å². The Labute approximate surface area is 78.0 Å². The molecule has 1 rings (SSSR count). The van der Waals surface area contributed by atoms with Crippen molar-refractivity contribution in [2.24, 2.45) is 0 Å². The van der Waals surface area contributed by atoms with Gasteiger partial charge in [0, 0.05) is 4.47 Å². The normalized spacial score (nSPS) is 9.50. The molecule has 1 aromatic rings. The van der Waals surface area contributed by atoms with Crippen LogP contribution in [0.15, 0.2) is 35.3 Å². The van der Waals surface area contributed by atoms with E-state index >= 15 is 0 Å². The first-order valence-electron chi connectivity index (χ1n) is 3.27. The van der Waals surface area contributed by atoms with E-state index in [-0.39, 0.29) is 5.56 Å². The minimum atomic E-state index is -0.525. The fourth-order valence-corrected chi connectivity index (χ4v) is 1.16. The highest BCUT2D eigenvalue weighted by Crippen LogP contribution is 2.15. The van der Waals surface area contributed by atoms with Crippen LogP contribution in [0.2, 0.25) is 0 Å². The van der Waals surface area contributed by atoms with E-state index in [4.69, 9.17) is 0 Å². The third kappa shape index (κ3) is 1.80. The lowest BCUT2D eigenvalue weighted by Crippen LogP contribution is -1.97. The van der Waals surface area contributed by atoms with Gasteiger partial charge in [0.1, 0.15) is 5.82 Å². The van der Waals surface area contributed by atoms with Crippen LogP contribution in [-0.2, 0) is 0 Å². The molecular formula is C9H6BrFO. The summed E-state index contributed by atoms with van der Waals surface area (Å²) in [4.78, 5) is 11.0. The van der Waals surface area contributed by atoms with Gasteiger partial charge in [0.15, 0.2) is 5.78 Å². The minimum absolute atomic E-state index is 0.0411. The van der Waals surface area contributed by atoms with Crippen molar-refractivity contribution in [3.05, 3.63) is 46.7 Å². The van der Waals surface area contributed by atoms with Gasteiger partial charge in [-0.15, -0.1) is 0 Å². The average Bonchev–Trinajstić information content (AvgIpc) is 2.08. The second-order valence-corrected chi connectivity index (χ2v) is 3.11. The summed E-state index contributed by atoms with van der Waals surface area (Å²) < 4.78 is 13.6. The van der Waals surface area contributed by atoms with Gasteiger partial charge in [-0.3, -0.25) is 4.79 Å². The zero-order chi connectivity index (χ0) is 9.14. The molecule has 0 atom stereocenters. The van der Waals surface area contributed by atoms with Gasteiger partial charge in [-0.1, -0.05) is 22.5 Å². The molecule has 0 aliphatic heterocycles. The number of hydrogen-bond acceptors (Lipinski definition) is 1. The first kappa shape index (κ1) is 9.13. The molecule has 62 valence electrons. The van der Waals surface area contributed by atoms with Crippen molar-refractivity contribution in [1.29, 1.82) is 0 Å². The van der Waals surface area contributed by atoms with Crippen molar-refractivity contribution in [2.45, 2.75) is 0 Å². The van der Waals surface area contributed by atoms with E-state index in [1.54, 1.807) is 0 Å². The SMILES string of the molecule is C=CC(=O)c1cc(Br)ccc1F. The Balaban J connectivity index is 3.22. The first-order chi connectivity index (χ1) is 5.65. The maximum absolute atomic E-state index is 12.9. The third-order valence-corrected chi connectivity index (χ3v) is 1.87. The molecule has 0 unspecified atom stereocenters. The number of ketones is 1. The van der Waals surface area contributed by atoms with Crippen molar-refractivity contribution in [2.75, 3.05) is 0 Å². The van der Waals surface area contributed by atoms with Crippen LogP contribution in [0.3, 0.4) is 0 Å². The zero-order valence-corrected chi connectivity index (χ0v) is 7.77. The van der Waals surface area contributed by atoms with E-state index in [1.807, 2.05) is 0 Å². The van der Waals surface area contributed by atoms with Crippen LogP contribution in [-0.4, -0.2) is 5.78 Å². The maximum Gasteiger partial charge on any atom is 0.188 e. The lowest BCUT2D eigenvalue weighted by Gasteiger charge is -1.98. The molecule has 0 aliphatic rings. The summed E-state index contributed by atoms with van der Waals surface area (Å²) in [6.45, 7) is 3.28. The number of benzene rings is 1. The van der Waals surface area contributed by atoms with Gasteiger partial charge in [0.25, 0.3) is 0 Å². The third-order valence-electron chi connectivity index (χ3n) is 1.38. The first-order valence-corrected chi connectivity index (χ1v) is 4.06. The van der Waals surface area contributed by atoms with Gasteiger partial charge in [-0.05, 0) is 24.3 Å². The molecule has 1 nitrogen and oxygen atoms in total. The largest absolute Gasteiger partial charge is 0.289 e. The molecule has 0 saturated carbocycles. The summed E-state index contributed by atoms with van der Waals surface area (Å²) in [7, 11) is 0. The summed E-state index contributed by atoms with van der Waals surface area (Å²) in [5.74, 6) is -0.933. The van der Waals surface area contributed by atoms with Crippen LogP contribution >= 0.6 is 15.9 Å². The van der Waals surface area contributed by atoms with Crippen LogP contribution in [0, 0.1) is 5.82 Å². The fraction of sp³-hybridized carbons (Fsp3) is 0. The number of carbonyl (C=O) groups excluding carboxylic acids is 1. The van der Waals surface area contributed by atoms with Crippen LogP contribution in [0.4, 0.5) is 4.39 Å². The predicted molar refractivity (Wildman–Crippen MR) is 48.6 cm³/mol. The fourth-order valence-electron chi connectivity index (χ4n) is 0.796. The van der Waals surface area contributed by atoms with Crippen LogP contribution in [0.25, 0.3) is 0 Å². The Morgan fingerprint density at radius 3 is 2.83 bits per heavy atom. The van der Waals surface area contributed by atoms with E-state index in [0.717, 1.165) is 6.08 Å². The quantitative estimate of drug-likeness (QED) is 0.562. The molecule has 1 aromatic carbocycles. The summed E-state index contributed by atoms with van der Waals surface area (Å²) in [6.07, 6.45) is 1.09. The molecule has 0 saturated heterocycles. The Hall–Kier alpha value is -0.960. The summed E-state index contributed by atoms with van der Waals surface area (Å²) >= 11 is 3.14. The van der Waals surface area contributed by atoms with Crippen LogP contribution < -0.4 is 0 Å². The number of allylic oxidation sites excluding steroid dienone is 1. The average molecular weight is 229 g/mol. The van der Waals surface area contributed by atoms with Crippen molar-refractivity contribution < 1.29 is 9.18 Å². The van der Waals surface area contributed by atoms with Gasteiger partial charge < -0.3 is 0 Å². The lowest BCUT2D eigenvalue weighted by atomic mass is 10.1. The van der Waals surface area contributed by atoms with Gasteiger partial charge in [-0.2, -0.15) is 0 Å². The Morgan fingerprint density at radius 2 is 2.25 bits per heavy atom. The monoisotopic (exact) mass is 228 g/mol. The van der Waals surface area contributed by atoms with Crippen molar-refractivity contribution in [3.63, 3.8) is 0 Å². The Kier molecular flexibility index (Phi) is 2.76. The number of carbonyl (C=O) groups is 1. The maximum atomic E-state index is 12.9. The van der Waals surface area contributed by atoms with Gasteiger partial charge in [0.05, 0.1) is 5.56 Å². The number of rotatable bonds is 2. The van der Waals surface area contributed by atoms with E-state index < -0.39 is 11.6 Å². The molecule has 0 bridgehead atoms. The molecule has 12 heavy (non-hydrogen) atoms. The zero-order valence-electron chi connectivity index (χ0n) is 6.18. The van der Waals surface area contributed by atoms with Gasteiger partial charge in [-0.25, -0.2) is 4.39 Å². The second-order valence-electron chi connectivity index (χ2n) is 2.19. The van der Waals surface area contributed by atoms with Gasteiger partial charge in [0.2, 0.25) is 0 Å². The molecule has 0 N–H and O–H groups in total. The van der Waals surface area contributed by atoms with Crippen molar-refractivity contribution >= 4 is 21.7 Å². The molecule has 0 radical (unpaired) electrons. The molecule has 0 amide bonds. The highest BCUT2D eigenvalue weighted by molar-refractivity contribution is 9.10. The standard InChI is InChI=1S/C9H6BrFO/c1-2-9(12)7-5-6(10)3-4-8(7)11/h2-5H,1H2. The Morgan fingerprint density at radius 1 is 1.58 bits per heavy atom. The Bertz CT molecular complexity index is 333. The highest BCUT2D eigenvalue weighted by atomic mass is 79.9. The smallest absolute Gasteiger partial charge is 0.188 e. The second kappa shape index (κ2) is 3.63. The molecule has 0 aromatic heterocycles. The predicted octanol–water partition coefficient (Wildman–Crippen LogP) is 2.96. The molecule has 0 spiro atoms. The topological polar surface area (TPSA) is 17.1 Å². The minimum Gasteiger partial charge on any atom is -0.289 e. The summed E-state index contributed by atoms with van der Waals surface area (Å²) in [5, 5.41) is 0. The van der Waals surface area contributed by atoms with Gasteiger partial charge >= 0.3 is 0 Å². The molecule has 3 heteroatoms. The molecule has 0 aliphatic carbocycles. The van der Waals surface area contributed by atoms with Crippen molar-refractivity contribution in [3.8, 4) is 0 Å². The van der Waals surface area contributed by atoms with E-state index in [2.05, 4.69) is 22.5 Å². The molecule has 0 heterocycles. The molecular weight excluding hydrogens is 223 g/mol. The lowest BCUT2D eigenvalue weighted by molar-refractivity contribution is 0.104. The van der Waals surface area contributed by atoms with Crippen LogP contribution in [0.1, 0.15) is 10.4 Å². The van der Waals surface area contributed by atoms with E-state index in [9.17, 15) is 9.18 Å². The van der Waals surface area contributed by atoms with Crippen molar-refractivity contribution in [1.82, 2.24) is 0 Å². The highest BCUT2D eigenvalue weighted by Gasteiger charge is 2.07.